The Morgan fingerprint density at radius 2 is 2.33 bits per heavy atom. The van der Waals surface area contributed by atoms with Gasteiger partial charge in [-0.25, -0.2) is 4.98 Å². The lowest BCUT2D eigenvalue weighted by Crippen LogP contribution is -2.30. The summed E-state index contributed by atoms with van der Waals surface area (Å²) < 4.78 is 10.8. The number of nitrogens with zero attached hydrogens (tertiary/aromatic N) is 2. The minimum atomic E-state index is -0.474. The van der Waals surface area contributed by atoms with E-state index < -0.39 is 6.10 Å². The second-order valence-corrected chi connectivity index (χ2v) is 5.16. The minimum Gasteiger partial charge on any atom is -0.479 e. The molecule has 1 amide bonds. The van der Waals surface area contributed by atoms with Crippen LogP contribution in [0.1, 0.15) is 12.8 Å². The molecule has 2 rings (SSSR count). The Hall–Kier alpha value is -1.86. The van der Waals surface area contributed by atoms with Crippen LogP contribution >= 0.6 is 0 Å². The summed E-state index contributed by atoms with van der Waals surface area (Å²) >= 11 is 0. The highest BCUT2D eigenvalue weighted by atomic mass is 16.5. The van der Waals surface area contributed by atoms with Gasteiger partial charge in [0.1, 0.15) is 11.8 Å². The Labute approximate surface area is 124 Å². The third-order valence-corrected chi connectivity index (χ3v) is 3.48. The predicted octanol–water partition coefficient (Wildman–Crippen LogP) is 0.601. The van der Waals surface area contributed by atoms with Gasteiger partial charge in [0.05, 0.1) is 18.9 Å². The van der Waals surface area contributed by atoms with E-state index in [0.717, 1.165) is 12.1 Å². The van der Waals surface area contributed by atoms with Crippen LogP contribution < -0.4 is 20.7 Å². The third-order valence-electron chi connectivity index (χ3n) is 3.48. The Balaban J connectivity index is 2.17. The number of anilines is 2. The molecule has 2 atom stereocenters. The topological polar surface area (TPSA) is 89.7 Å². The SMILES string of the molecule is COc1nccc(N(C)C)c1NC(=O)C1CCC(CN)O1. The van der Waals surface area contributed by atoms with E-state index in [-0.39, 0.29) is 12.0 Å². The number of methoxy groups -OCH3 is 1. The lowest BCUT2D eigenvalue weighted by Gasteiger charge is -2.20. The van der Waals surface area contributed by atoms with Crippen molar-refractivity contribution in [2.45, 2.75) is 25.0 Å². The number of aromatic nitrogens is 1. The molecule has 0 aromatic carbocycles. The molecule has 1 aliphatic rings. The Kier molecular flexibility index (Phi) is 4.98. The maximum Gasteiger partial charge on any atom is 0.253 e. The lowest BCUT2D eigenvalue weighted by molar-refractivity contribution is -0.126. The highest BCUT2D eigenvalue weighted by Gasteiger charge is 2.31. The average molecular weight is 294 g/mol. The molecule has 2 heterocycles. The van der Waals surface area contributed by atoms with Crippen LogP contribution in [0.3, 0.4) is 0 Å². The molecular weight excluding hydrogens is 272 g/mol. The number of hydrogen-bond donors (Lipinski definition) is 2. The van der Waals surface area contributed by atoms with Crippen LogP contribution in [0.15, 0.2) is 12.3 Å². The molecule has 116 valence electrons. The van der Waals surface area contributed by atoms with Crippen molar-refractivity contribution >= 4 is 17.3 Å². The normalized spacial score (nSPS) is 21.1. The summed E-state index contributed by atoms with van der Waals surface area (Å²) in [5, 5.41) is 2.86. The van der Waals surface area contributed by atoms with Gasteiger partial charge in [-0.1, -0.05) is 0 Å². The summed E-state index contributed by atoms with van der Waals surface area (Å²) in [6.07, 6.45) is 2.61. The average Bonchev–Trinajstić information content (AvgIpc) is 2.96. The zero-order valence-electron chi connectivity index (χ0n) is 12.6. The summed E-state index contributed by atoms with van der Waals surface area (Å²) in [7, 11) is 5.30. The number of carbonyl (C=O) groups is 1. The Morgan fingerprint density at radius 1 is 1.57 bits per heavy atom. The molecule has 0 saturated carbocycles. The Bertz CT molecular complexity index is 507. The first kappa shape index (κ1) is 15.5. The summed E-state index contributed by atoms with van der Waals surface area (Å²) in [5.41, 5.74) is 6.94. The molecule has 2 unspecified atom stereocenters. The van der Waals surface area contributed by atoms with Gasteiger partial charge >= 0.3 is 0 Å². The number of pyridine rings is 1. The fourth-order valence-corrected chi connectivity index (χ4v) is 2.35. The van der Waals surface area contributed by atoms with Gasteiger partial charge in [-0.15, -0.1) is 0 Å². The monoisotopic (exact) mass is 294 g/mol. The molecule has 1 fully saturated rings. The predicted molar refractivity (Wildman–Crippen MR) is 80.7 cm³/mol. The number of ether oxygens (including phenoxy) is 2. The quantitative estimate of drug-likeness (QED) is 0.826. The van der Waals surface area contributed by atoms with Gasteiger partial charge in [-0.05, 0) is 18.9 Å². The molecule has 7 heteroatoms. The number of carbonyl (C=O) groups excluding carboxylic acids is 1. The zero-order valence-corrected chi connectivity index (χ0v) is 12.6. The fraction of sp³-hybridized carbons (Fsp3) is 0.571. The van der Waals surface area contributed by atoms with Crippen LogP contribution in [0.5, 0.6) is 5.88 Å². The number of rotatable bonds is 5. The molecule has 7 nitrogen and oxygen atoms in total. The van der Waals surface area contributed by atoms with Crippen LogP contribution in [-0.4, -0.2) is 50.8 Å². The lowest BCUT2D eigenvalue weighted by atomic mass is 10.2. The molecule has 1 aromatic heterocycles. The smallest absolute Gasteiger partial charge is 0.253 e. The molecule has 1 aliphatic heterocycles. The van der Waals surface area contributed by atoms with Crippen LogP contribution in [0.4, 0.5) is 11.4 Å². The standard InChI is InChI=1S/C14H22N4O3/c1-18(2)10-6-7-16-14(20-3)12(10)17-13(19)11-5-4-9(8-15)21-11/h6-7,9,11H,4-5,8,15H2,1-3H3,(H,17,19). The molecule has 0 spiro atoms. The zero-order chi connectivity index (χ0) is 15.4. The summed E-state index contributed by atoms with van der Waals surface area (Å²) in [6.45, 7) is 0.433. The molecular formula is C14H22N4O3. The van der Waals surface area contributed by atoms with E-state index in [9.17, 15) is 4.79 Å². The van der Waals surface area contributed by atoms with Crippen LogP contribution in [0.2, 0.25) is 0 Å². The summed E-state index contributed by atoms with van der Waals surface area (Å²) in [5.74, 6) is 0.184. The van der Waals surface area contributed by atoms with Crippen molar-refractivity contribution in [3.05, 3.63) is 12.3 Å². The maximum absolute atomic E-state index is 12.3. The number of hydrogen-bond acceptors (Lipinski definition) is 6. The van der Waals surface area contributed by atoms with Gasteiger partial charge < -0.3 is 25.4 Å². The first-order chi connectivity index (χ1) is 10.1. The van der Waals surface area contributed by atoms with Gasteiger partial charge in [-0.2, -0.15) is 0 Å². The molecule has 21 heavy (non-hydrogen) atoms. The van der Waals surface area contributed by atoms with E-state index in [2.05, 4.69) is 10.3 Å². The largest absolute Gasteiger partial charge is 0.479 e. The van der Waals surface area contributed by atoms with Crippen molar-refractivity contribution < 1.29 is 14.3 Å². The van der Waals surface area contributed by atoms with Crippen LogP contribution in [0.25, 0.3) is 0 Å². The number of nitrogens with one attached hydrogen (secondary N) is 1. The van der Waals surface area contributed by atoms with Crippen LogP contribution in [-0.2, 0) is 9.53 Å². The second kappa shape index (κ2) is 6.73. The first-order valence-electron chi connectivity index (χ1n) is 6.93. The molecule has 0 bridgehead atoms. The van der Waals surface area contributed by atoms with Gasteiger partial charge in [0.2, 0.25) is 5.88 Å². The highest BCUT2D eigenvalue weighted by Crippen LogP contribution is 2.32. The number of nitrogens with two attached hydrogens (primary N) is 1. The minimum absolute atomic E-state index is 0.0372. The van der Waals surface area contributed by atoms with Crippen LogP contribution in [0, 0.1) is 0 Å². The Morgan fingerprint density at radius 3 is 2.90 bits per heavy atom. The first-order valence-corrected chi connectivity index (χ1v) is 6.93. The summed E-state index contributed by atoms with van der Waals surface area (Å²) in [6, 6.07) is 1.82. The van der Waals surface area contributed by atoms with Crippen molar-refractivity contribution in [3.8, 4) is 5.88 Å². The van der Waals surface area contributed by atoms with Crippen molar-refractivity contribution in [1.29, 1.82) is 0 Å². The maximum atomic E-state index is 12.3. The van der Waals surface area contributed by atoms with Crippen molar-refractivity contribution in [2.24, 2.45) is 5.73 Å². The third kappa shape index (κ3) is 3.43. The molecule has 1 saturated heterocycles. The fourth-order valence-electron chi connectivity index (χ4n) is 2.35. The van der Waals surface area contributed by atoms with Gasteiger partial charge in [-0.3, -0.25) is 4.79 Å². The highest BCUT2D eigenvalue weighted by molar-refractivity contribution is 5.98. The van der Waals surface area contributed by atoms with Gasteiger partial charge in [0.15, 0.2) is 0 Å². The molecule has 1 aromatic rings. The van der Waals surface area contributed by atoms with Crippen molar-refractivity contribution in [2.75, 3.05) is 38.0 Å². The van der Waals surface area contributed by atoms with E-state index in [1.807, 2.05) is 25.1 Å². The molecule has 3 N–H and O–H groups in total. The van der Waals surface area contributed by atoms with Crippen molar-refractivity contribution in [1.82, 2.24) is 4.98 Å². The van der Waals surface area contributed by atoms with E-state index in [4.69, 9.17) is 15.2 Å². The molecule has 0 aliphatic carbocycles. The van der Waals surface area contributed by atoms with Crippen molar-refractivity contribution in [3.63, 3.8) is 0 Å². The van der Waals surface area contributed by atoms with E-state index in [1.54, 1.807) is 6.20 Å². The van der Waals surface area contributed by atoms with E-state index >= 15 is 0 Å². The summed E-state index contributed by atoms with van der Waals surface area (Å²) in [4.78, 5) is 18.4. The van der Waals surface area contributed by atoms with E-state index in [0.29, 0.717) is 24.5 Å². The van der Waals surface area contributed by atoms with Gasteiger partial charge in [0.25, 0.3) is 5.91 Å². The van der Waals surface area contributed by atoms with E-state index in [1.165, 1.54) is 7.11 Å². The van der Waals surface area contributed by atoms with Gasteiger partial charge in [0, 0.05) is 26.8 Å². The molecule has 0 radical (unpaired) electrons. The number of amides is 1. The second-order valence-electron chi connectivity index (χ2n) is 5.16.